The molecule has 2 aliphatic heterocycles. The lowest BCUT2D eigenvalue weighted by atomic mass is 9.77. The van der Waals surface area contributed by atoms with Crippen LogP contribution >= 0.6 is 0 Å². The van der Waals surface area contributed by atoms with E-state index in [4.69, 9.17) is 18.6 Å². The summed E-state index contributed by atoms with van der Waals surface area (Å²) in [6.45, 7) is 10.4. The molecule has 6 atom stereocenters. The number of hydrogen-bond acceptors (Lipinski definition) is 10. The summed E-state index contributed by atoms with van der Waals surface area (Å²) in [4.78, 5) is 55.2. The van der Waals surface area contributed by atoms with Gasteiger partial charge in [-0.3, -0.25) is 19.2 Å². The lowest BCUT2D eigenvalue weighted by Gasteiger charge is -2.50. The average molecular weight is 590 g/mol. The normalized spacial score (nSPS) is 29.9. The van der Waals surface area contributed by atoms with Gasteiger partial charge < -0.3 is 28.6 Å². The van der Waals surface area contributed by atoms with Crippen LogP contribution in [0.25, 0.3) is 11.0 Å². The Bertz CT molecular complexity index is 1810. The van der Waals surface area contributed by atoms with Crippen molar-refractivity contribution in [3.8, 4) is 5.75 Å². The minimum Gasteiger partial charge on any atom is -0.507 e. The number of aryl methyl sites for hydroxylation is 1. The Labute approximate surface area is 248 Å². The number of carbonyl (C=O) groups is 3. The van der Waals surface area contributed by atoms with Crippen molar-refractivity contribution in [2.75, 3.05) is 14.1 Å². The number of epoxide rings is 1. The molecule has 6 unspecified atom stereocenters. The van der Waals surface area contributed by atoms with Crippen molar-refractivity contribution in [3.05, 3.63) is 73.6 Å². The highest BCUT2D eigenvalue weighted by molar-refractivity contribution is 6.32. The number of rotatable bonds is 4. The third-order valence-electron chi connectivity index (χ3n) is 9.66. The number of fused-ring (bicyclic) bond motifs is 4. The molecule has 3 aromatic rings. The van der Waals surface area contributed by atoms with Gasteiger partial charge in [0.25, 0.3) is 0 Å². The molecule has 10 heteroatoms. The van der Waals surface area contributed by atoms with Gasteiger partial charge in [-0.25, -0.2) is 0 Å². The molecule has 3 heterocycles. The van der Waals surface area contributed by atoms with Crippen LogP contribution in [-0.2, 0) is 24.6 Å². The van der Waals surface area contributed by atoms with Gasteiger partial charge in [-0.05, 0) is 72.8 Å². The second-order valence-electron chi connectivity index (χ2n) is 12.6. The van der Waals surface area contributed by atoms with Gasteiger partial charge in [0.05, 0.1) is 40.4 Å². The molecule has 0 radical (unpaired) electrons. The Kier molecular flexibility index (Phi) is 6.50. The molecule has 2 aromatic carbocycles. The van der Waals surface area contributed by atoms with E-state index in [9.17, 15) is 24.3 Å². The smallest absolute Gasteiger partial charge is 0.303 e. The summed E-state index contributed by atoms with van der Waals surface area (Å²) < 4.78 is 23.8. The number of nitrogens with zero attached hydrogens (tertiary/aromatic N) is 1. The number of aromatic hydroxyl groups is 1. The number of ketones is 2. The van der Waals surface area contributed by atoms with Crippen molar-refractivity contribution < 1.29 is 38.1 Å². The minimum absolute atomic E-state index is 0.00201. The quantitative estimate of drug-likeness (QED) is 0.271. The Balaban J connectivity index is 1.49. The number of benzene rings is 2. The third kappa shape index (κ3) is 4.18. The van der Waals surface area contributed by atoms with Crippen LogP contribution in [-0.4, -0.2) is 65.5 Å². The minimum atomic E-state index is -0.822. The Morgan fingerprint density at radius 1 is 1.05 bits per heavy atom. The molecule has 226 valence electrons. The molecule has 2 fully saturated rings. The van der Waals surface area contributed by atoms with E-state index in [-0.39, 0.29) is 56.3 Å². The number of likely N-dealkylation sites (N-methyl/N-ethyl adjacent to an activating group) is 1. The Morgan fingerprint density at radius 3 is 2.33 bits per heavy atom. The molecular weight excluding hydrogens is 554 g/mol. The number of phenolic OH excluding ortho intramolecular Hbond substituents is 1. The van der Waals surface area contributed by atoms with E-state index < -0.39 is 47.0 Å². The first-order valence-electron chi connectivity index (χ1n) is 14.3. The number of esters is 1. The number of ether oxygens (including phenoxy) is 3. The maximum Gasteiger partial charge on any atom is 0.303 e. The monoisotopic (exact) mass is 589 g/mol. The molecule has 6 rings (SSSR count). The zero-order valence-corrected chi connectivity index (χ0v) is 25.5. The number of phenols is 1. The molecule has 0 amide bonds. The maximum absolute atomic E-state index is 14.2. The van der Waals surface area contributed by atoms with Gasteiger partial charge in [0, 0.05) is 29.7 Å². The van der Waals surface area contributed by atoms with Crippen LogP contribution in [0.3, 0.4) is 0 Å². The molecule has 1 aromatic heterocycles. The standard InChI is InChI=1S/C33H35NO9/c1-14-11-20-26(30-24(14)21(36)12-23(42-30)33(6)16(3)43-33)29(39)25-19(27(20)37)10-9-18(28(25)38)22-13-32(5,34(7)8)31(15(2)40-22)41-17(4)35/h9-12,15-16,22,31,38H,13H2,1-8H3. The van der Waals surface area contributed by atoms with E-state index in [1.807, 2.05) is 32.8 Å². The van der Waals surface area contributed by atoms with Crippen molar-refractivity contribution in [2.24, 2.45) is 0 Å². The van der Waals surface area contributed by atoms with Crippen LogP contribution in [0.5, 0.6) is 5.75 Å². The van der Waals surface area contributed by atoms with Crippen LogP contribution in [0.15, 0.2) is 33.5 Å². The Morgan fingerprint density at radius 2 is 1.72 bits per heavy atom. The van der Waals surface area contributed by atoms with Gasteiger partial charge in [0.2, 0.25) is 5.78 Å². The van der Waals surface area contributed by atoms with Gasteiger partial charge in [-0.1, -0.05) is 6.07 Å². The number of carbonyl (C=O) groups excluding carboxylic acids is 3. The van der Waals surface area contributed by atoms with E-state index >= 15 is 0 Å². The highest BCUT2D eigenvalue weighted by Gasteiger charge is 2.53. The van der Waals surface area contributed by atoms with Crippen LogP contribution in [0.1, 0.15) is 95.9 Å². The lowest BCUT2D eigenvalue weighted by molar-refractivity contribution is -0.201. The summed E-state index contributed by atoms with van der Waals surface area (Å²) in [6.07, 6.45) is -1.68. The molecule has 10 nitrogen and oxygen atoms in total. The fourth-order valence-corrected chi connectivity index (χ4v) is 6.72. The van der Waals surface area contributed by atoms with Crippen molar-refractivity contribution >= 4 is 28.5 Å². The first kappa shape index (κ1) is 29.2. The van der Waals surface area contributed by atoms with Crippen molar-refractivity contribution in [1.82, 2.24) is 4.90 Å². The van der Waals surface area contributed by atoms with E-state index in [2.05, 4.69) is 0 Å². The fraction of sp³-hybridized carbons (Fsp3) is 0.455. The summed E-state index contributed by atoms with van der Waals surface area (Å²) in [7, 11) is 3.75. The van der Waals surface area contributed by atoms with Gasteiger partial charge >= 0.3 is 5.97 Å². The van der Waals surface area contributed by atoms with E-state index in [0.717, 1.165) is 0 Å². The average Bonchev–Trinajstić information content (AvgIpc) is 3.55. The Hall–Kier alpha value is -3.86. The second kappa shape index (κ2) is 9.57. The van der Waals surface area contributed by atoms with E-state index in [0.29, 0.717) is 17.5 Å². The van der Waals surface area contributed by atoms with Crippen LogP contribution in [0.4, 0.5) is 0 Å². The largest absolute Gasteiger partial charge is 0.507 e. The molecule has 1 N–H and O–H groups in total. The summed E-state index contributed by atoms with van der Waals surface area (Å²) in [5.74, 6) is -1.62. The summed E-state index contributed by atoms with van der Waals surface area (Å²) in [5, 5.41) is 11.8. The highest BCUT2D eigenvalue weighted by atomic mass is 16.6. The first-order valence-corrected chi connectivity index (χ1v) is 14.3. The fourth-order valence-electron chi connectivity index (χ4n) is 6.72. The van der Waals surface area contributed by atoms with Crippen LogP contribution in [0.2, 0.25) is 0 Å². The molecule has 0 bridgehead atoms. The number of hydrogen-bond donors (Lipinski definition) is 1. The molecule has 1 aliphatic carbocycles. The van der Waals surface area contributed by atoms with Crippen molar-refractivity contribution in [1.29, 1.82) is 0 Å². The maximum atomic E-state index is 14.2. The molecule has 3 aliphatic rings. The third-order valence-corrected chi connectivity index (χ3v) is 9.66. The first-order chi connectivity index (χ1) is 20.1. The SMILES string of the molecule is CC(=O)OC1C(C)OC(c2ccc3c(c2O)C(=O)c2c(cc(C)c4c(=O)cc(C5(C)OC5C)oc24)C3=O)CC1(C)N(C)C. The second-order valence-corrected chi connectivity index (χ2v) is 12.6. The van der Waals surface area contributed by atoms with Crippen molar-refractivity contribution in [2.45, 2.75) is 83.5 Å². The van der Waals surface area contributed by atoms with Crippen molar-refractivity contribution in [3.63, 3.8) is 0 Å². The molecular formula is C33H35NO9. The summed E-state index contributed by atoms with van der Waals surface area (Å²) >= 11 is 0. The zero-order chi connectivity index (χ0) is 31.3. The highest BCUT2D eigenvalue weighted by Crippen LogP contribution is 2.48. The summed E-state index contributed by atoms with van der Waals surface area (Å²) in [6, 6.07) is 6.03. The predicted octanol–water partition coefficient (Wildman–Crippen LogP) is 4.32. The molecule has 0 spiro atoms. The molecule has 43 heavy (non-hydrogen) atoms. The van der Waals surface area contributed by atoms with E-state index in [1.165, 1.54) is 25.1 Å². The summed E-state index contributed by atoms with van der Waals surface area (Å²) in [5.41, 5.74) is -1.07. The van der Waals surface area contributed by atoms with Gasteiger partial charge in [0.15, 0.2) is 11.2 Å². The molecule has 0 saturated carbocycles. The topological polar surface area (TPSA) is 136 Å². The molecule has 2 saturated heterocycles. The van der Waals surface area contributed by atoms with Gasteiger partial charge in [-0.15, -0.1) is 0 Å². The lowest BCUT2D eigenvalue weighted by Crippen LogP contribution is -2.61. The van der Waals surface area contributed by atoms with Gasteiger partial charge in [-0.2, -0.15) is 0 Å². The predicted molar refractivity (Wildman–Crippen MR) is 156 cm³/mol. The zero-order valence-electron chi connectivity index (χ0n) is 25.5. The van der Waals surface area contributed by atoms with Crippen LogP contribution in [0, 0.1) is 6.92 Å². The van der Waals surface area contributed by atoms with Crippen LogP contribution < -0.4 is 5.43 Å². The van der Waals surface area contributed by atoms with E-state index in [1.54, 1.807) is 26.8 Å². The van der Waals surface area contributed by atoms with Gasteiger partial charge in [0.1, 0.15) is 28.8 Å².